The van der Waals surface area contributed by atoms with Crippen molar-refractivity contribution >= 4 is 17.6 Å². The maximum absolute atomic E-state index is 13.0. The van der Waals surface area contributed by atoms with E-state index in [1.54, 1.807) is 30.3 Å². The second kappa shape index (κ2) is 15.7. The first-order valence-electron chi connectivity index (χ1n) is 12.4. The number of benzene rings is 2. The van der Waals surface area contributed by atoms with Gasteiger partial charge in [-0.05, 0) is 35.9 Å². The molecule has 2 aromatic carbocycles. The van der Waals surface area contributed by atoms with Crippen molar-refractivity contribution in [1.82, 2.24) is 0 Å². The van der Waals surface area contributed by atoms with Gasteiger partial charge in [0.2, 0.25) is 11.5 Å². The molecule has 0 unspecified atom stereocenters. The predicted molar refractivity (Wildman–Crippen MR) is 142 cm³/mol. The number of rotatable bonds is 7. The maximum Gasteiger partial charge on any atom is 0.338 e. The minimum atomic E-state index is -0.576. The third-order valence-electron chi connectivity index (χ3n) is 5.69. The zero-order valence-corrected chi connectivity index (χ0v) is 23.0. The Morgan fingerprint density at radius 1 is 0.692 bits per heavy atom. The monoisotopic (exact) mass is 548 g/mol. The van der Waals surface area contributed by atoms with Gasteiger partial charge in [-0.3, -0.25) is 0 Å². The molecule has 0 atom stereocenters. The Balaban J connectivity index is 2.07. The van der Waals surface area contributed by atoms with Gasteiger partial charge in [-0.15, -0.1) is 0 Å². The zero-order valence-electron chi connectivity index (χ0n) is 23.0. The summed E-state index contributed by atoms with van der Waals surface area (Å²) in [6.45, 7) is 3.08. The van der Waals surface area contributed by atoms with Gasteiger partial charge >= 0.3 is 5.97 Å². The molecule has 1 aliphatic heterocycles. The lowest BCUT2D eigenvalue weighted by Crippen LogP contribution is -2.13. The molecule has 1 aliphatic rings. The van der Waals surface area contributed by atoms with Crippen LogP contribution in [0.25, 0.3) is 11.6 Å². The number of carbonyl (C=O) groups is 1. The largest absolute Gasteiger partial charge is 0.493 e. The highest BCUT2D eigenvalue weighted by atomic mass is 16.6. The minimum absolute atomic E-state index is 0.227. The Hall–Kier alpha value is -3.67. The van der Waals surface area contributed by atoms with Crippen LogP contribution in [0.15, 0.2) is 24.3 Å². The molecular formula is C28H36O11. The predicted octanol–water partition coefficient (Wildman–Crippen LogP) is 3.26. The Kier molecular flexibility index (Phi) is 12.0. The number of fused-ring (bicyclic) bond motifs is 1. The van der Waals surface area contributed by atoms with Gasteiger partial charge in [0.25, 0.3) is 0 Å². The molecule has 0 aromatic heterocycles. The summed E-state index contributed by atoms with van der Waals surface area (Å²) in [4.78, 5) is 13.0. The van der Waals surface area contributed by atoms with Crippen LogP contribution in [0, 0.1) is 0 Å². The van der Waals surface area contributed by atoms with Gasteiger partial charge in [0, 0.05) is 5.56 Å². The van der Waals surface area contributed by atoms with Crippen LogP contribution >= 0.6 is 0 Å². The first-order chi connectivity index (χ1) is 19.1. The number of esters is 1. The second-order valence-corrected chi connectivity index (χ2v) is 8.01. The van der Waals surface area contributed by atoms with Crippen molar-refractivity contribution in [3.05, 3.63) is 35.4 Å². The minimum Gasteiger partial charge on any atom is -0.493 e. The van der Waals surface area contributed by atoms with Crippen molar-refractivity contribution in [2.75, 3.05) is 88.4 Å². The number of methoxy groups -OCH3 is 5. The number of carbonyl (C=O) groups excluding carboxylic acids is 1. The highest BCUT2D eigenvalue weighted by Gasteiger charge is 2.22. The molecular weight excluding hydrogens is 512 g/mol. The van der Waals surface area contributed by atoms with E-state index in [4.69, 9.17) is 47.4 Å². The maximum atomic E-state index is 13.0. The van der Waals surface area contributed by atoms with Gasteiger partial charge in [0.05, 0.1) is 80.8 Å². The van der Waals surface area contributed by atoms with Gasteiger partial charge in [-0.25, -0.2) is 4.79 Å². The summed E-state index contributed by atoms with van der Waals surface area (Å²) >= 11 is 0. The van der Waals surface area contributed by atoms with Crippen LogP contribution in [0.1, 0.15) is 11.1 Å². The summed E-state index contributed by atoms with van der Waals surface area (Å²) < 4.78 is 55.7. The normalized spacial score (nSPS) is 15.4. The van der Waals surface area contributed by atoms with Gasteiger partial charge < -0.3 is 47.4 Å². The molecule has 2 aromatic rings. The molecule has 0 amide bonds. The molecule has 0 spiro atoms. The van der Waals surface area contributed by atoms with Crippen molar-refractivity contribution in [3.8, 4) is 34.5 Å². The van der Waals surface area contributed by atoms with E-state index in [1.807, 2.05) is 0 Å². The molecule has 0 fully saturated rings. The van der Waals surface area contributed by atoms with E-state index < -0.39 is 5.97 Å². The van der Waals surface area contributed by atoms with Crippen molar-refractivity contribution in [2.24, 2.45) is 0 Å². The highest BCUT2D eigenvalue weighted by molar-refractivity contribution is 6.22. The first kappa shape index (κ1) is 29.9. The molecule has 39 heavy (non-hydrogen) atoms. The topological polar surface area (TPSA) is 109 Å². The summed E-state index contributed by atoms with van der Waals surface area (Å²) in [5, 5.41) is 0. The van der Waals surface area contributed by atoms with E-state index in [9.17, 15) is 4.79 Å². The van der Waals surface area contributed by atoms with E-state index in [0.29, 0.717) is 91.9 Å². The van der Waals surface area contributed by atoms with Gasteiger partial charge in [-0.1, -0.05) is 0 Å². The summed E-state index contributed by atoms with van der Waals surface area (Å²) in [6.07, 6.45) is 1.64. The molecule has 0 aliphatic carbocycles. The van der Waals surface area contributed by atoms with E-state index in [0.717, 1.165) is 0 Å². The van der Waals surface area contributed by atoms with Gasteiger partial charge in [0.1, 0.15) is 13.2 Å². The van der Waals surface area contributed by atoms with E-state index in [-0.39, 0.29) is 12.2 Å². The lowest BCUT2D eigenvalue weighted by Gasteiger charge is -2.18. The Morgan fingerprint density at radius 3 is 1.74 bits per heavy atom. The van der Waals surface area contributed by atoms with E-state index in [2.05, 4.69) is 0 Å². The van der Waals surface area contributed by atoms with Crippen molar-refractivity contribution < 1.29 is 52.2 Å². The highest BCUT2D eigenvalue weighted by Crippen LogP contribution is 2.43. The van der Waals surface area contributed by atoms with Crippen LogP contribution in [0.2, 0.25) is 0 Å². The number of hydrogen-bond donors (Lipinski definition) is 0. The summed E-state index contributed by atoms with van der Waals surface area (Å²) in [7, 11) is 7.33. The molecule has 0 bridgehead atoms. The van der Waals surface area contributed by atoms with E-state index in [1.165, 1.54) is 35.5 Å². The van der Waals surface area contributed by atoms with Crippen LogP contribution in [-0.2, 0) is 23.7 Å². The fourth-order valence-electron chi connectivity index (χ4n) is 3.85. The average Bonchev–Trinajstić information content (AvgIpc) is 2.98. The first-order valence-corrected chi connectivity index (χ1v) is 12.4. The third-order valence-corrected chi connectivity index (χ3v) is 5.69. The molecule has 214 valence electrons. The lowest BCUT2D eigenvalue weighted by atomic mass is 10.0. The van der Waals surface area contributed by atoms with Crippen LogP contribution in [0.3, 0.4) is 0 Å². The lowest BCUT2D eigenvalue weighted by molar-refractivity contribution is -0.133. The molecule has 11 heteroatoms. The number of ether oxygens (including phenoxy) is 10. The average molecular weight is 549 g/mol. The molecule has 0 N–H and O–H groups in total. The summed E-state index contributed by atoms with van der Waals surface area (Å²) in [6, 6.07) is 6.84. The van der Waals surface area contributed by atoms with Crippen LogP contribution in [0.5, 0.6) is 34.5 Å². The quantitative estimate of drug-likeness (QED) is 0.289. The fraction of sp³-hybridized carbons (Fsp3) is 0.464. The second-order valence-electron chi connectivity index (χ2n) is 8.01. The fourth-order valence-corrected chi connectivity index (χ4v) is 3.85. The Morgan fingerprint density at radius 2 is 1.23 bits per heavy atom. The van der Waals surface area contributed by atoms with Crippen molar-refractivity contribution in [3.63, 3.8) is 0 Å². The SMILES string of the molecule is COC(=O)/C(=C\c1ccc2c(c1OC)OCCOCCOCCOCCO2)c1cc(OC)c(OC)c(OC)c1. The summed E-state index contributed by atoms with van der Waals surface area (Å²) in [5.74, 6) is 1.80. The van der Waals surface area contributed by atoms with E-state index >= 15 is 0 Å². The Bertz CT molecular complexity index is 1090. The van der Waals surface area contributed by atoms with Crippen LogP contribution in [-0.4, -0.2) is 94.4 Å². The molecule has 3 rings (SSSR count). The zero-order chi connectivity index (χ0) is 28.0. The van der Waals surface area contributed by atoms with Crippen molar-refractivity contribution in [2.45, 2.75) is 0 Å². The molecule has 0 saturated heterocycles. The van der Waals surface area contributed by atoms with Crippen LogP contribution < -0.4 is 28.4 Å². The van der Waals surface area contributed by atoms with Gasteiger partial charge in [-0.2, -0.15) is 0 Å². The molecule has 0 saturated carbocycles. The third kappa shape index (κ3) is 7.92. The Labute approximate surface area is 228 Å². The standard InChI is InChI=1S/C28H36O11/c1-30-23-17-20(18-24(31-2)26(23)33-4)21(28(29)34-5)16-19-6-7-22-27(25(19)32-3)39-15-13-37-11-9-35-8-10-36-12-14-38-22/h6-7,16-18H,8-15H2,1-5H3/b21-16-. The molecule has 11 nitrogen and oxygen atoms in total. The smallest absolute Gasteiger partial charge is 0.338 e. The van der Waals surface area contributed by atoms with Crippen LogP contribution in [0.4, 0.5) is 0 Å². The molecule has 1 heterocycles. The summed E-state index contributed by atoms with van der Waals surface area (Å²) in [5.41, 5.74) is 1.27. The van der Waals surface area contributed by atoms with Gasteiger partial charge in [0.15, 0.2) is 23.0 Å². The van der Waals surface area contributed by atoms with Crippen molar-refractivity contribution in [1.29, 1.82) is 0 Å². The number of hydrogen-bond acceptors (Lipinski definition) is 11. The molecule has 0 radical (unpaired) electrons.